The number of hydrogen-bond donors (Lipinski definition) is 2. The topological polar surface area (TPSA) is 78.9 Å². The molecule has 1 aromatic carbocycles. The zero-order chi connectivity index (χ0) is 13.8. The number of benzene rings is 1. The SMILES string of the molecule is CN1C(=O)CCOc2ccc(NCCC(=O)O)cc21. The van der Waals surface area contributed by atoms with Gasteiger partial charge in [0, 0.05) is 19.3 Å². The van der Waals surface area contributed by atoms with Crippen molar-refractivity contribution < 1.29 is 19.4 Å². The number of carboxylic acids is 1. The lowest BCUT2D eigenvalue weighted by Crippen LogP contribution is -2.25. The molecular weight excluding hydrogens is 248 g/mol. The fourth-order valence-electron chi connectivity index (χ4n) is 1.88. The van der Waals surface area contributed by atoms with Gasteiger partial charge in [-0.15, -0.1) is 0 Å². The molecule has 102 valence electrons. The van der Waals surface area contributed by atoms with Crippen LogP contribution in [0.5, 0.6) is 5.75 Å². The Morgan fingerprint density at radius 1 is 1.53 bits per heavy atom. The first-order valence-electron chi connectivity index (χ1n) is 6.07. The van der Waals surface area contributed by atoms with Gasteiger partial charge < -0.3 is 20.1 Å². The van der Waals surface area contributed by atoms with Crippen LogP contribution < -0.4 is 15.0 Å². The number of nitrogens with zero attached hydrogens (tertiary/aromatic N) is 1. The molecule has 0 fully saturated rings. The van der Waals surface area contributed by atoms with E-state index < -0.39 is 5.97 Å². The molecular formula is C13H16N2O4. The van der Waals surface area contributed by atoms with E-state index in [9.17, 15) is 9.59 Å². The predicted octanol–water partition coefficient (Wildman–Crippen LogP) is 1.32. The average Bonchev–Trinajstić information content (AvgIpc) is 2.50. The van der Waals surface area contributed by atoms with E-state index in [1.165, 1.54) is 0 Å². The van der Waals surface area contributed by atoms with Crippen LogP contribution in [0.4, 0.5) is 11.4 Å². The molecule has 1 aliphatic rings. The van der Waals surface area contributed by atoms with Gasteiger partial charge in [-0.05, 0) is 18.2 Å². The molecule has 1 amide bonds. The highest BCUT2D eigenvalue weighted by Gasteiger charge is 2.20. The molecule has 1 aliphatic heterocycles. The van der Waals surface area contributed by atoms with E-state index >= 15 is 0 Å². The zero-order valence-electron chi connectivity index (χ0n) is 10.7. The summed E-state index contributed by atoms with van der Waals surface area (Å²) < 4.78 is 5.50. The number of carbonyl (C=O) groups is 2. The molecule has 2 rings (SSSR count). The lowest BCUT2D eigenvalue weighted by Gasteiger charge is -2.17. The van der Waals surface area contributed by atoms with Crippen molar-refractivity contribution >= 4 is 23.3 Å². The van der Waals surface area contributed by atoms with Crippen molar-refractivity contribution in [3.8, 4) is 5.75 Å². The fraction of sp³-hybridized carbons (Fsp3) is 0.385. The van der Waals surface area contributed by atoms with Gasteiger partial charge in [0.05, 0.1) is 25.1 Å². The van der Waals surface area contributed by atoms with Crippen LogP contribution in [0.3, 0.4) is 0 Å². The van der Waals surface area contributed by atoms with Crippen molar-refractivity contribution in [3.05, 3.63) is 18.2 Å². The van der Waals surface area contributed by atoms with Crippen LogP contribution in [0.1, 0.15) is 12.8 Å². The Morgan fingerprint density at radius 3 is 3.05 bits per heavy atom. The van der Waals surface area contributed by atoms with E-state index in [1.54, 1.807) is 24.1 Å². The molecule has 0 spiro atoms. The highest BCUT2D eigenvalue weighted by Crippen LogP contribution is 2.33. The molecule has 0 aliphatic carbocycles. The molecule has 2 N–H and O–H groups in total. The predicted molar refractivity (Wildman–Crippen MR) is 70.7 cm³/mol. The van der Waals surface area contributed by atoms with E-state index in [0.29, 0.717) is 31.0 Å². The van der Waals surface area contributed by atoms with E-state index in [-0.39, 0.29) is 12.3 Å². The highest BCUT2D eigenvalue weighted by atomic mass is 16.5. The number of aliphatic carboxylic acids is 1. The summed E-state index contributed by atoms with van der Waals surface area (Å²) in [6.07, 6.45) is 0.398. The minimum atomic E-state index is -0.849. The number of carbonyl (C=O) groups excluding carboxylic acids is 1. The van der Waals surface area contributed by atoms with Gasteiger partial charge in [-0.2, -0.15) is 0 Å². The summed E-state index contributed by atoms with van der Waals surface area (Å²) in [6, 6.07) is 5.39. The summed E-state index contributed by atoms with van der Waals surface area (Å²) in [7, 11) is 1.71. The summed E-state index contributed by atoms with van der Waals surface area (Å²) >= 11 is 0. The smallest absolute Gasteiger partial charge is 0.305 e. The first-order valence-corrected chi connectivity index (χ1v) is 6.07. The van der Waals surface area contributed by atoms with Crippen molar-refractivity contribution in [1.82, 2.24) is 0 Å². The maximum absolute atomic E-state index is 11.7. The molecule has 0 bridgehead atoms. The van der Waals surface area contributed by atoms with Crippen molar-refractivity contribution in [2.75, 3.05) is 30.4 Å². The van der Waals surface area contributed by atoms with Crippen LogP contribution in [0, 0.1) is 0 Å². The second-order valence-electron chi connectivity index (χ2n) is 4.30. The number of anilines is 2. The average molecular weight is 264 g/mol. The lowest BCUT2D eigenvalue weighted by molar-refractivity contribution is -0.136. The quantitative estimate of drug-likeness (QED) is 0.857. The number of fused-ring (bicyclic) bond motifs is 1. The van der Waals surface area contributed by atoms with Gasteiger partial charge in [0.2, 0.25) is 5.91 Å². The van der Waals surface area contributed by atoms with Crippen molar-refractivity contribution in [1.29, 1.82) is 0 Å². The molecule has 0 saturated carbocycles. The largest absolute Gasteiger partial charge is 0.491 e. The Labute approximate surface area is 111 Å². The standard InChI is InChI=1S/C13H16N2O4/c1-15-10-8-9(14-6-4-13(17)18)2-3-11(10)19-7-5-12(15)16/h2-3,8,14H,4-7H2,1H3,(H,17,18). The minimum absolute atomic E-state index is 0.00133. The summed E-state index contributed by atoms with van der Waals surface area (Å²) in [4.78, 5) is 23.7. The molecule has 19 heavy (non-hydrogen) atoms. The number of carboxylic acid groups (broad SMARTS) is 1. The number of amides is 1. The van der Waals surface area contributed by atoms with Gasteiger partial charge in [0.1, 0.15) is 5.75 Å². The Kier molecular flexibility index (Phi) is 3.89. The highest BCUT2D eigenvalue weighted by molar-refractivity contribution is 5.95. The van der Waals surface area contributed by atoms with Crippen molar-refractivity contribution in [2.24, 2.45) is 0 Å². The van der Waals surface area contributed by atoms with Gasteiger partial charge in [0.25, 0.3) is 0 Å². The summed E-state index contributed by atoms with van der Waals surface area (Å²) in [5, 5.41) is 11.6. The van der Waals surface area contributed by atoms with Gasteiger partial charge in [-0.1, -0.05) is 0 Å². The molecule has 6 heteroatoms. The van der Waals surface area contributed by atoms with Crippen LogP contribution in [0.2, 0.25) is 0 Å². The first-order chi connectivity index (χ1) is 9.08. The second-order valence-corrected chi connectivity index (χ2v) is 4.30. The molecule has 1 aromatic rings. The van der Waals surface area contributed by atoms with Gasteiger partial charge in [-0.3, -0.25) is 9.59 Å². The van der Waals surface area contributed by atoms with Crippen LogP contribution in [-0.4, -0.2) is 37.2 Å². The van der Waals surface area contributed by atoms with E-state index in [0.717, 1.165) is 5.69 Å². The fourth-order valence-corrected chi connectivity index (χ4v) is 1.88. The maximum Gasteiger partial charge on any atom is 0.305 e. The molecule has 0 unspecified atom stereocenters. The number of rotatable bonds is 4. The number of hydrogen-bond acceptors (Lipinski definition) is 4. The third kappa shape index (κ3) is 3.15. The molecule has 1 heterocycles. The van der Waals surface area contributed by atoms with E-state index in [4.69, 9.17) is 9.84 Å². The number of ether oxygens (including phenoxy) is 1. The molecule has 0 radical (unpaired) electrons. The number of nitrogens with one attached hydrogen (secondary N) is 1. The van der Waals surface area contributed by atoms with Crippen molar-refractivity contribution in [2.45, 2.75) is 12.8 Å². The minimum Gasteiger partial charge on any atom is -0.491 e. The molecule has 0 saturated heterocycles. The van der Waals surface area contributed by atoms with Gasteiger partial charge in [-0.25, -0.2) is 0 Å². The first kappa shape index (κ1) is 13.2. The molecule has 0 atom stereocenters. The van der Waals surface area contributed by atoms with Crippen LogP contribution in [-0.2, 0) is 9.59 Å². The van der Waals surface area contributed by atoms with Gasteiger partial charge >= 0.3 is 5.97 Å². The Hall–Kier alpha value is -2.24. The third-order valence-corrected chi connectivity index (χ3v) is 2.94. The Bertz CT molecular complexity index is 501. The maximum atomic E-state index is 11.7. The Balaban J connectivity index is 2.14. The third-order valence-electron chi connectivity index (χ3n) is 2.94. The van der Waals surface area contributed by atoms with E-state index in [2.05, 4.69) is 5.32 Å². The monoisotopic (exact) mass is 264 g/mol. The second kappa shape index (κ2) is 5.60. The normalized spacial score (nSPS) is 14.4. The van der Waals surface area contributed by atoms with Gasteiger partial charge in [0.15, 0.2) is 0 Å². The van der Waals surface area contributed by atoms with Crippen LogP contribution in [0.15, 0.2) is 18.2 Å². The summed E-state index contributed by atoms with van der Waals surface area (Å²) in [5.74, 6) is -0.184. The summed E-state index contributed by atoms with van der Waals surface area (Å²) in [5.41, 5.74) is 1.47. The Morgan fingerprint density at radius 2 is 2.32 bits per heavy atom. The molecule has 0 aromatic heterocycles. The van der Waals surface area contributed by atoms with Crippen LogP contribution in [0.25, 0.3) is 0 Å². The van der Waals surface area contributed by atoms with Crippen molar-refractivity contribution in [3.63, 3.8) is 0 Å². The zero-order valence-corrected chi connectivity index (χ0v) is 10.7. The lowest BCUT2D eigenvalue weighted by atomic mass is 10.2. The summed E-state index contributed by atoms with van der Waals surface area (Å²) in [6.45, 7) is 0.717. The van der Waals surface area contributed by atoms with Crippen LogP contribution >= 0.6 is 0 Å². The van der Waals surface area contributed by atoms with E-state index in [1.807, 2.05) is 6.07 Å². The molecule has 6 nitrogen and oxygen atoms in total.